The molecule has 0 aliphatic heterocycles. The highest BCUT2D eigenvalue weighted by Crippen LogP contribution is 2.24. The van der Waals surface area contributed by atoms with Crippen LogP contribution in [0.5, 0.6) is 0 Å². The Bertz CT molecular complexity index is 392. The molecule has 18 heavy (non-hydrogen) atoms. The second-order valence-corrected chi connectivity index (χ2v) is 4.16. The van der Waals surface area contributed by atoms with Gasteiger partial charge in [-0.25, -0.2) is 0 Å². The van der Waals surface area contributed by atoms with E-state index in [0.29, 0.717) is 12.6 Å². The summed E-state index contributed by atoms with van der Waals surface area (Å²) in [5.74, 6) is 0. The van der Waals surface area contributed by atoms with Gasteiger partial charge in [0.1, 0.15) is 0 Å². The fourth-order valence-electron chi connectivity index (χ4n) is 2.14. The molecule has 1 rings (SSSR count). The molecule has 0 heterocycles. The van der Waals surface area contributed by atoms with Gasteiger partial charge in [0.15, 0.2) is 0 Å². The number of hydrogen-bond donors (Lipinski definition) is 1. The summed E-state index contributed by atoms with van der Waals surface area (Å²) in [4.78, 5) is 12.4. The van der Waals surface area contributed by atoms with Gasteiger partial charge in [-0.2, -0.15) is 0 Å². The van der Waals surface area contributed by atoms with Crippen molar-refractivity contribution >= 4 is 11.4 Å². The number of aliphatic hydroxyl groups is 1. The van der Waals surface area contributed by atoms with Crippen molar-refractivity contribution in [1.82, 2.24) is 0 Å². The van der Waals surface area contributed by atoms with Crippen LogP contribution in [-0.4, -0.2) is 29.2 Å². The van der Waals surface area contributed by atoms with E-state index in [1.807, 2.05) is 11.0 Å². The first-order valence-corrected chi connectivity index (χ1v) is 6.26. The molecule has 0 amide bonds. The van der Waals surface area contributed by atoms with Gasteiger partial charge in [0.25, 0.3) is 5.69 Å². The van der Waals surface area contributed by atoms with Gasteiger partial charge >= 0.3 is 0 Å². The minimum Gasteiger partial charge on any atom is -0.395 e. The second kappa shape index (κ2) is 6.96. The summed E-state index contributed by atoms with van der Waals surface area (Å²) in [5.41, 5.74) is 0.883. The molecule has 1 N–H and O–H groups in total. The monoisotopic (exact) mass is 252 g/mol. The SMILES string of the molecule is CCC(CC)N(CCO)c1cccc([N+](=O)[O-])c1. The zero-order valence-electron chi connectivity index (χ0n) is 10.9. The quantitative estimate of drug-likeness (QED) is 0.598. The van der Waals surface area contributed by atoms with Crippen molar-refractivity contribution in [2.24, 2.45) is 0 Å². The number of aliphatic hydroxyl groups excluding tert-OH is 1. The lowest BCUT2D eigenvalue weighted by molar-refractivity contribution is -0.384. The van der Waals surface area contributed by atoms with Crippen LogP contribution in [0.1, 0.15) is 26.7 Å². The summed E-state index contributed by atoms with van der Waals surface area (Å²) in [6.45, 7) is 4.69. The Morgan fingerprint density at radius 1 is 1.39 bits per heavy atom. The Kier molecular flexibility index (Phi) is 5.58. The molecule has 1 aromatic carbocycles. The zero-order chi connectivity index (χ0) is 13.5. The number of nitro groups is 1. The molecule has 0 saturated carbocycles. The first kappa shape index (κ1) is 14.4. The molecule has 0 saturated heterocycles. The third kappa shape index (κ3) is 3.43. The average molecular weight is 252 g/mol. The molecular weight excluding hydrogens is 232 g/mol. The van der Waals surface area contributed by atoms with Crippen LogP contribution in [0.4, 0.5) is 11.4 Å². The highest BCUT2D eigenvalue weighted by molar-refractivity contribution is 5.53. The fourth-order valence-corrected chi connectivity index (χ4v) is 2.14. The number of non-ortho nitro benzene ring substituents is 1. The van der Waals surface area contributed by atoms with Crippen LogP contribution >= 0.6 is 0 Å². The van der Waals surface area contributed by atoms with Crippen molar-refractivity contribution in [2.75, 3.05) is 18.1 Å². The Labute approximate surface area is 107 Å². The van der Waals surface area contributed by atoms with E-state index in [-0.39, 0.29) is 12.3 Å². The summed E-state index contributed by atoms with van der Waals surface area (Å²) in [6.07, 6.45) is 1.89. The standard InChI is InChI=1S/C13H20N2O3/c1-3-11(4-2)14(8-9-16)12-6-5-7-13(10-12)15(17)18/h5-7,10-11,16H,3-4,8-9H2,1-2H3. The van der Waals surface area contributed by atoms with Crippen molar-refractivity contribution in [3.05, 3.63) is 34.4 Å². The van der Waals surface area contributed by atoms with Gasteiger partial charge in [-0.3, -0.25) is 10.1 Å². The molecule has 0 bridgehead atoms. The molecule has 0 fully saturated rings. The Hall–Kier alpha value is -1.62. The zero-order valence-corrected chi connectivity index (χ0v) is 10.9. The van der Waals surface area contributed by atoms with E-state index >= 15 is 0 Å². The minimum atomic E-state index is -0.395. The van der Waals surface area contributed by atoms with Gasteiger partial charge in [0.05, 0.1) is 11.5 Å². The third-order valence-electron chi connectivity index (χ3n) is 3.10. The van der Waals surface area contributed by atoms with Gasteiger partial charge in [-0.15, -0.1) is 0 Å². The molecule has 5 heteroatoms. The molecule has 0 aliphatic rings. The lowest BCUT2D eigenvalue weighted by Crippen LogP contribution is -2.36. The average Bonchev–Trinajstić information content (AvgIpc) is 2.39. The second-order valence-electron chi connectivity index (χ2n) is 4.16. The number of hydrogen-bond acceptors (Lipinski definition) is 4. The normalized spacial score (nSPS) is 10.7. The Balaban J connectivity index is 3.04. The molecule has 0 unspecified atom stereocenters. The van der Waals surface area contributed by atoms with E-state index in [9.17, 15) is 10.1 Å². The number of rotatable bonds is 7. The lowest BCUT2D eigenvalue weighted by atomic mass is 10.1. The molecule has 0 aromatic heterocycles. The van der Waals surface area contributed by atoms with E-state index in [2.05, 4.69) is 13.8 Å². The maximum absolute atomic E-state index is 10.8. The van der Waals surface area contributed by atoms with E-state index in [0.717, 1.165) is 18.5 Å². The van der Waals surface area contributed by atoms with Gasteiger partial charge in [0.2, 0.25) is 0 Å². The molecule has 0 atom stereocenters. The molecule has 0 aliphatic carbocycles. The van der Waals surface area contributed by atoms with Crippen LogP contribution < -0.4 is 4.90 Å². The molecule has 1 aromatic rings. The van der Waals surface area contributed by atoms with Gasteiger partial charge < -0.3 is 10.0 Å². The van der Waals surface area contributed by atoms with Crippen LogP contribution in [0.15, 0.2) is 24.3 Å². The minimum absolute atomic E-state index is 0.0409. The van der Waals surface area contributed by atoms with Crippen molar-refractivity contribution in [3.63, 3.8) is 0 Å². The van der Waals surface area contributed by atoms with Crippen LogP contribution in [-0.2, 0) is 0 Å². The first-order valence-electron chi connectivity index (χ1n) is 6.26. The number of nitrogens with zero attached hydrogens (tertiary/aromatic N) is 2. The largest absolute Gasteiger partial charge is 0.395 e. The lowest BCUT2D eigenvalue weighted by Gasteiger charge is -2.32. The summed E-state index contributed by atoms with van der Waals surface area (Å²) in [6, 6.07) is 6.86. The number of nitro benzene ring substituents is 1. The summed E-state index contributed by atoms with van der Waals surface area (Å²) in [7, 11) is 0. The topological polar surface area (TPSA) is 66.6 Å². The maximum atomic E-state index is 10.8. The van der Waals surface area contributed by atoms with Crippen LogP contribution in [0.3, 0.4) is 0 Å². The molecule has 0 radical (unpaired) electrons. The van der Waals surface area contributed by atoms with Gasteiger partial charge in [-0.1, -0.05) is 19.9 Å². The van der Waals surface area contributed by atoms with E-state index < -0.39 is 4.92 Å². The third-order valence-corrected chi connectivity index (χ3v) is 3.10. The Morgan fingerprint density at radius 3 is 2.56 bits per heavy atom. The molecule has 0 spiro atoms. The Morgan fingerprint density at radius 2 is 2.06 bits per heavy atom. The molecule has 5 nitrogen and oxygen atoms in total. The summed E-state index contributed by atoms with van der Waals surface area (Å²) in [5, 5.41) is 19.9. The highest BCUT2D eigenvalue weighted by atomic mass is 16.6. The van der Waals surface area contributed by atoms with E-state index in [1.165, 1.54) is 6.07 Å². The van der Waals surface area contributed by atoms with Crippen molar-refractivity contribution < 1.29 is 10.0 Å². The van der Waals surface area contributed by atoms with Gasteiger partial charge in [0, 0.05) is 30.4 Å². The van der Waals surface area contributed by atoms with Crippen LogP contribution in [0, 0.1) is 10.1 Å². The van der Waals surface area contributed by atoms with E-state index in [4.69, 9.17) is 5.11 Å². The predicted octanol–water partition coefficient (Wildman–Crippen LogP) is 2.58. The predicted molar refractivity (Wildman–Crippen MR) is 71.9 cm³/mol. The number of anilines is 1. The fraction of sp³-hybridized carbons (Fsp3) is 0.538. The molecular formula is C13H20N2O3. The van der Waals surface area contributed by atoms with Crippen molar-refractivity contribution in [1.29, 1.82) is 0 Å². The smallest absolute Gasteiger partial charge is 0.271 e. The summed E-state index contributed by atoms with van der Waals surface area (Å²) < 4.78 is 0. The maximum Gasteiger partial charge on any atom is 0.271 e. The number of benzene rings is 1. The van der Waals surface area contributed by atoms with Crippen molar-refractivity contribution in [3.8, 4) is 0 Å². The van der Waals surface area contributed by atoms with Crippen molar-refractivity contribution in [2.45, 2.75) is 32.7 Å². The van der Waals surface area contributed by atoms with Gasteiger partial charge in [-0.05, 0) is 18.9 Å². The molecule has 100 valence electrons. The van der Waals surface area contributed by atoms with Crippen LogP contribution in [0.2, 0.25) is 0 Å². The van der Waals surface area contributed by atoms with E-state index in [1.54, 1.807) is 12.1 Å². The first-order chi connectivity index (χ1) is 8.63. The highest BCUT2D eigenvalue weighted by Gasteiger charge is 2.17. The summed E-state index contributed by atoms with van der Waals surface area (Å²) >= 11 is 0. The van der Waals surface area contributed by atoms with Crippen LogP contribution in [0.25, 0.3) is 0 Å².